The molecule has 3 rings (SSSR count). The molecule has 2 atom stereocenters. The first-order valence-electron chi connectivity index (χ1n) is 9.18. The first-order valence-corrected chi connectivity index (χ1v) is 9.18. The summed E-state index contributed by atoms with van der Waals surface area (Å²) < 4.78 is 8.56. The lowest BCUT2D eigenvalue weighted by Gasteiger charge is -2.20. The zero-order valence-electron chi connectivity index (χ0n) is 15.7. The van der Waals surface area contributed by atoms with Gasteiger partial charge in [0.25, 0.3) is 0 Å². The fraction of sp³-hybridized carbons (Fsp3) is 0.500. The summed E-state index contributed by atoms with van der Waals surface area (Å²) in [4.78, 5) is 0. The standard InChI is InChI=1S/C22H30NO/c1-6-9-16(2)24-15-21-19-14-17(22(3,4)5)11-12-18(19)20-10-7-8-13-23(20)21/h7-8,10-14,16,21H,6,9,15H2,1-5H3/q+1. The predicted octanol–water partition coefficient (Wildman–Crippen LogP) is 5.05. The first-order chi connectivity index (χ1) is 11.4. The summed E-state index contributed by atoms with van der Waals surface area (Å²) in [6.45, 7) is 12.0. The van der Waals surface area contributed by atoms with Crippen molar-refractivity contribution in [1.29, 1.82) is 0 Å². The highest BCUT2D eigenvalue weighted by molar-refractivity contribution is 5.65. The maximum Gasteiger partial charge on any atom is 0.213 e. The van der Waals surface area contributed by atoms with Crippen LogP contribution in [-0.4, -0.2) is 12.7 Å². The van der Waals surface area contributed by atoms with Crippen LogP contribution < -0.4 is 4.57 Å². The first kappa shape index (κ1) is 17.2. The number of rotatable bonds is 5. The van der Waals surface area contributed by atoms with E-state index < -0.39 is 0 Å². The number of ether oxygens (including phenoxy) is 1. The van der Waals surface area contributed by atoms with E-state index in [1.54, 1.807) is 0 Å². The third-order valence-corrected chi connectivity index (χ3v) is 5.01. The molecule has 2 unspecified atom stereocenters. The molecule has 0 radical (unpaired) electrons. The van der Waals surface area contributed by atoms with Crippen LogP contribution in [0.2, 0.25) is 0 Å². The van der Waals surface area contributed by atoms with E-state index in [1.165, 1.54) is 28.8 Å². The van der Waals surface area contributed by atoms with Crippen molar-refractivity contribution in [2.75, 3.05) is 6.61 Å². The summed E-state index contributed by atoms with van der Waals surface area (Å²) in [6.07, 6.45) is 4.79. The zero-order chi connectivity index (χ0) is 17.3. The lowest BCUT2D eigenvalue weighted by molar-refractivity contribution is -0.700. The van der Waals surface area contributed by atoms with Gasteiger partial charge in [-0.1, -0.05) is 40.2 Å². The Morgan fingerprint density at radius 3 is 2.67 bits per heavy atom. The lowest BCUT2D eigenvalue weighted by atomic mass is 9.84. The van der Waals surface area contributed by atoms with Gasteiger partial charge in [-0.05, 0) is 42.5 Å². The van der Waals surface area contributed by atoms with E-state index in [1.807, 2.05) is 0 Å². The topological polar surface area (TPSA) is 13.1 Å². The number of nitrogens with zero attached hydrogens (tertiary/aromatic N) is 1. The number of hydrogen-bond donors (Lipinski definition) is 0. The minimum absolute atomic E-state index is 0.162. The third kappa shape index (κ3) is 3.25. The molecule has 1 aliphatic rings. The molecule has 0 fully saturated rings. The van der Waals surface area contributed by atoms with Gasteiger partial charge in [-0.3, -0.25) is 0 Å². The van der Waals surface area contributed by atoms with Crippen LogP contribution in [0, 0.1) is 0 Å². The molecule has 24 heavy (non-hydrogen) atoms. The van der Waals surface area contributed by atoms with Crippen LogP contribution in [0.5, 0.6) is 0 Å². The van der Waals surface area contributed by atoms with Crippen LogP contribution in [0.3, 0.4) is 0 Å². The number of pyridine rings is 1. The van der Waals surface area contributed by atoms with Crippen molar-refractivity contribution in [2.45, 2.75) is 65.0 Å². The van der Waals surface area contributed by atoms with Gasteiger partial charge in [-0.25, -0.2) is 0 Å². The molecule has 2 heteroatoms. The molecule has 2 aromatic rings. The highest BCUT2D eigenvalue weighted by atomic mass is 16.5. The molecule has 1 aromatic carbocycles. The van der Waals surface area contributed by atoms with Gasteiger partial charge in [0.05, 0.1) is 11.7 Å². The maximum absolute atomic E-state index is 6.18. The highest BCUT2D eigenvalue weighted by Crippen LogP contribution is 2.36. The minimum Gasteiger partial charge on any atom is -0.371 e. The molecule has 0 spiro atoms. The smallest absolute Gasteiger partial charge is 0.213 e. The third-order valence-electron chi connectivity index (χ3n) is 5.01. The Balaban J connectivity index is 1.97. The molecule has 2 nitrogen and oxygen atoms in total. The van der Waals surface area contributed by atoms with Crippen LogP contribution in [0.4, 0.5) is 0 Å². The van der Waals surface area contributed by atoms with Crippen molar-refractivity contribution in [3.63, 3.8) is 0 Å². The second-order valence-electron chi connectivity index (χ2n) is 7.99. The summed E-state index contributed by atoms with van der Waals surface area (Å²) in [7, 11) is 0. The highest BCUT2D eigenvalue weighted by Gasteiger charge is 2.37. The quantitative estimate of drug-likeness (QED) is 0.702. The van der Waals surface area contributed by atoms with Crippen LogP contribution in [0.15, 0.2) is 42.6 Å². The van der Waals surface area contributed by atoms with Crippen molar-refractivity contribution in [2.24, 2.45) is 0 Å². The van der Waals surface area contributed by atoms with E-state index in [2.05, 4.69) is 81.8 Å². The molecule has 0 aliphatic carbocycles. The van der Waals surface area contributed by atoms with E-state index in [9.17, 15) is 0 Å². The Morgan fingerprint density at radius 2 is 1.96 bits per heavy atom. The average Bonchev–Trinajstić information content (AvgIpc) is 2.86. The molecule has 0 saturated carbocycles. The Kier molecular flexibility index (Phi) is 4.78. The predicted molar refractivity (Wildman–Crippen MR) is 99.2 cm³/mol. The molecule has 0 amide bonds. The Morgan fingerprint density at radius 1 is 1.17 bits per heavy atom. The molecular weight excluding hydrogens is 294 g/mol. The van der Waals surface area contributed by atoms with Crippen molar-refractivity contribution >= 4 is 0 Å². The summed E-state index contributed by atoms with van der Waals surface area (Å²) in [6, 6.07) is 13.7. The second-order valence-corrected chi connectivity index (χ2v) is 7.99. The average molecular weight is 324 g/mol. The van der Waals surface area contributed by atoms with Gasteiger partial charge >= 0.3 is 0 Å². The molecule has 1 aromatic heterocycles. The second kappa shape index (κ2) is 6.68. The maximum atomic E-state index is 6.18. The summed E-state index contributed by atoms with van der Waals surface area (Å²) in [5.74, 6) is 0. The van der Waals surface area contributed by atoms with Gasteiger partial charge in [0.15, 0.2) is 6.20 Å². The van der Waals surface area contributed by atoms with Gasteiger partial charge in [-0.2, -0.15) is 4.57 Å². The molecule has 0 bridgehead atoms. The normalized spacial score (nSPS) is 17.5. The number of aromatic nitrogens is 1. The van der Waals surface area contributed by atoms with Gasteiger partial charge in [0.2, 0.25) is 11.7 Å². The lowest BCUT2D eigenvalue weighted by Crippen LogP contribution is -2.40. The molecule has 2 heterocycles. The molecule has 0 saturated heterocycles. The Bertz CT molecular complexity index is 714. The van der Waals surface area contributed by atoms with Crippen molar-refractivity contribution < 1.29 is 9.30 Å². The largest absolute Gasteiger partial charge is 0.371 e. The minimum atomic E-state index is 0.162. The number of fused-ring (bicyclic) bond motifs is 3. The zero-order valence-corrected chi connectivity index (χ0v) is 15.7. The Labute approximate surface area is 146 Å². The SMILES string of the molecule is CCCC(C)OCC1c2cc(C(C)(C)C)ccc2-c2cccc[n+]21. The van der Waals surface area contributed by atoms with Gasteiger partial charge in [0.1, 0.15) is 6.61 Å². The van der Waals surface area contributed by atoms with Crippen LogP contribution in [-0.2, 0) is 10.2 Å². The number of hydrogen-bond acceptors (Lipinski definition) is 1. The van der Waals surface area contributed by atoms with Crippen molar-refractivity contribution in [3.8, 4) is 11.3 Å². The number of benzene rings is 1. The fourth-order valence-corrected chi connectivity index (χ4v) is 3.56. The van der Waals surface area contributed by atoms with Gasteiger partial charge in [-0.15, -0.1) is 0 Å². The van der Waals surface area contributed by atoms with Gasteiger partial charge < -0.3 is 4.74 Å². The molecule has 0 N–H and O–H groups in total. The van der Waals surface area contributed by atoms with Crippen LogP contribution in [0.25, 0.3) is 11.3 Å². The van der Waals surface area contributed by atoms with Crippen LogP contribution in [0.1, 0.15) is 64.6 Å². The summed E-state index contributed by atoms with van der Waals surface area (Å²) >= 11 is 0. The van der Waals surface area contributed by atoms with Gasteiger partial charge in [0, 0.05) is 17.7 Å². The summed E-state index contributed by atoms with van der Waals surface area (Å²) in [5, 5.41) is 0. The molecule has 128 valence electrons. The van der Waals surface area contributed by atoms with E-state index in [0.29, 0.717) is 6.10 Å². The van der Waals surface area contributed by atoms with E-state index in [0.717, 1.165) is 13.0 Å². The van der Waals surface area contributed by atoms with E-state index >= 15 is 0 Å². The fourth-order valence-electron chi connectivity index (χ4n) is 3.56. The van der Waals surface area contributed by atoms with Crippen molar-refractivity contribution in [3.05, 3.63) is 53.7 Å². The summed E-state index contributed by atoms with van der Waals surface area (Å²) in [5.41, 5.74) is 5.60. The molecular formula is C22H30NO+. The van der Waals surface area contributed by atoms with Crippen LogP contribution >= 0.6 is 0 Å². The Hall–Kier alpha value is -1.67. The van der Waals surface area contributed by atoms with Crippen molar-refractivity contribution in [1.82, 2.24) is 0 Å². The monoisotopic (exact) mass is 324 g/mol. The molecule has 1 aliphatic heterocycles. The van der Waals surface area contributed by atoms with E-state index in [-0.39, 0.29) is 11.5 Å². The van der Waals surface area contributed by atoms with E-state index in [4.69, 9.17) is 4.74 Å².